The summed E-state index contributed by atoms with van der Waals surface area (Å²) in [5.41, 5.74) is 1.37. The maximum absolute atomic E-state index is 12.5. The number of aliphatic hydroxyl groups excluding tert-OH is 1. The van der Waals surface area contributed by atoms with Crippen molar-refractivity contribution < 1.29 is 13.5 Å². The Morgan fingerprint density at radius 2 is 1.76 bits per heavy atom. The molecule has 0 atom stereocenters. The topological polar surface area (TPSA) is 57.6 Å². The molecule has 0 radical (unpaired) electrons. The molecule has 2 rings (SSSR count). The van der Waals surface area contributed by atoms with E-state index in [0.29, 0.717) is 10.6 Å². The second-order valence-corrected chi connectivity index (χ2v) is 7.18. The smallest absolute Gasteiger partial charge is 0.243 e. The summed E-state index contributed by atoms with van der Waals surface area (Å²) >= 11 is 5.90. The quantitative estimate of drug-likeness (QED) is 0.919. The van der Waals surface area contributed by atoms with Gasteiger partial charge in [-0.15, -0.1) is 0 Å². The van der Waals surface area contributed by atoms with Gasteiger partial charge in [-0.25, -0.2) is 8.42 Å². The number of benzene rings is 2. The summed E-state index contributed by atoms with van der Waals surface area (Å²) in [6.07, 6.45) is 0. The molecule has 0 unspecified atom stereocenters. The minimum absolute atomic E-state index is 0.165. The molecular formula is C15H16ClNO3S. The zero-order valence-corrected chi connectivity index (χ0v) is 13.1. The maximum Gasteiger partial charge on any atom is 0.243 e. The number of halogens is 1. The predicted octanol–water partition coefficient (Wildman–Crippen LogP) is 2.65. The Kier molecular flexibility index (Phi) is 5.00. The van der Waals surface area contributed by atoms with Gasteiger partial charge >= 0.3 is 0 Å². The van der Waals surface area contributed by atoms with E-state index in [2.05, 4.69) is 0 Å². The SMILES string of the molecule is CN(Cc1cccc(Cl)c1)S(=O)(=O)c1cccc(CO)c1. The molecule has 0 saturated heterocycles. The third-order valence-electron chi connectivity index (χ3n) is 3.08. The lowest BCUT2D eigenvalue weighted by molar-refractivity contribution is 0.281. The lowest BCUT2D eigenvalue weighted by atomic mass is 10.2. The van der Waals surface area contributed by atoms with Crippen molar-refractivity contribution in [2.75, 3.05) is 7.05 Å². The van der Waals surface area contributed by atoms with Gasteiger partial charge in [0.25, 0.3) is 0 Å². The van der Waals surface area contributed by atoms with Crippen LogP contribution < -0.4 is 0 Å². The van der Waals surface area contributed by atoms with E-state index in [1.54, 1.807) is 30.3 Å². The summed E-state index contributed by atoms with van der Waals surface area (Å²) < 4.78 is 26.3. The lowest BCUT2D eigenvalue weighted by Gasteiger charge is -2.17. The van der Waals surface area contributed by atoms with Crippen molar-refractivity contribution in [1.82, 2.24) is 4.31 Å². The van der Waals surface area contributed by atoms with Gasteiger partial charge in [-0.05, 0) is 35.4 Å². The number of sulfonamides is 1. The van der Waals surface area contributed by atoms with Gasteiger partial charge in [0.05, 0.1) is 11.5 Å². The highest BCUT2D eigenvalue weighted by Crippen LogP contribution is 2.19. The standard InChI is InChI=1S/C15H16ClNO3S/c1-17(10-12-4-2-6-14(16)8-12)21(19,20)15-7-3-5-13(9-15)11-18/h2-9,18H,10-11H2,1H3. The number of aliphatic hydroxyl groups is 1. The number of nitrogens with zero attached hydrogens (tertiary/aromatic N) is 1. The maximum atomic E-state index is 12.5. The van der Waals surface area contributed by atoms with Crippen molar-refractivity contribution in [1.29, 1.82) is 0 Å². The van der Waals surface area contributed by atoms with Gasteiger partial charge in [-0.2, -0.15) is 4.31 Å². The van der Waals surface area contributed by atoms with Crippen molar-refractivity contribution in [3.63, 3.8) is 0 Å². The Bertz CT molecular complexity index is 731. The molecule has 0 aliphatic rings. The van der Waals surface area contributed by atoms with Crippen LogP contribution in [0.1, 0.15) is 11.1 Å². The van der Waals surface area contributed by atoms with E-state index in [1.807, 2.05) is 6.07 Å². The minimum atomic E-state index is -3.60. The molecule has 0 amide bonds. The van der Waals surface area contributed by atoms with Gasteiger partial charge in [-0.3, -0.25) is 0 Å². The average Bonchev–Trinajstić information content (AvgIpc) is 2.47. The second-order valence-electron chi connectivity index (χ2n) is 4.70. The van der Waals surface area contributed by atoms with Crippen LogP contribution in [-0.4, -0.2) is 24.9 Å². The summed E-state index contributed by atoms with van der Waals surface area (Å²) in [6, 6.07) is 13.4. The Balaban J connectivity index is 2.26. The molecule has 21 heavy (non-hydrogen) atoms. The fourth-order valence-corrected chi connectivity index (χ4v) is 3.40. The van der Waals surface area contributed by atoms with Crippen LogP contribution in [0.5, 0.6) is 0 Å². The van der Waals surface area contributed by atoms with Crippen LogP contribution in [0.3, 0.4) is 0 Å². The first kappa shape index (κ1) is 16.0. The molecule has 0 aliphatic carbocycles. The largest absolute Gasteiger partial charge is 0.392 e. The molecule has 0 saturated carbocycles. The van der Waals surface area contributed by atoms with Crippen molar-refractivity contribution in [3.8, 4) is 0 Å². The second kappa shape index (κ2) is 6.58. The van der Waals surface area contributed by atoms with Crippen molar-refractivity contribution in [3.05, 3.63) is 64.7 Å². The van der Waals surface area contributed by atoms with Crippen molar-refractivity contribution >= 4 is 21.6 Å². The molecule has 0 spiro atoms. The first-order valence-corrected chi connectivity index (χ1v) is 8.16. The minimum Gasteiger partial charge on any atom is -0.392 e. The van der Waals surface area contributed by atoms with Crippen LogP contribution in [0, 0.1) is 0 Å². The molecule has 0 aliphatic heterocycles. The van der Waals surface area contributed by atoms with E-state index in [0.717, 1.165) is 5.56 Å². The van der Waals surface area contributed by atoms with Gasteiger partial charge in [0.2, 0.25) is 10.0 Å². The van der Waals surface area contributed by atoms with Crippen LogP contribution in [0.25, 0.3) is 0 Å². The Labute approximate surface area is 129 Å². The summed E-state index contributed by atoms with van der Waals surface area (Å²) in [5.74, 6) is 0. The molecule has 0 fully saturated rings. The summed E-state index contributed by atoms with van der Waals surface area (Å²) in [6.45, 7) is 0.0353. The molecule has 112 valence electrons. The molecule has 2 aromatic rings. The normalized spacial score (nSPS) is 11.8. The predicted molar refractivity (Wildman–Crippen MR) is 82.5 cm³/mol. The molecule has 0 aromatic heterocycles. The fourth-order valence-electron chi connectivity index (χ4n) is 1.96. The van der Waals surface area contributed by atoms with Crippen LogP contribution in [0.4, 0.5) is 0 Å². The Hall–Kier alpha value is -1.40. The number of rotatable bonds is 5. The van der Waals surface area contributed by atoms with Crippen molar-refractivity contribution in [2.24, 2.45) is 0 Å². The van der Waals surface area contributed by atoms with Gasteiger partial charge in [0.1, 0.15) is 0 Å². The highest BCUT2D eigenvalue weighted by Gasteiger charge is 2.21. The van der Waals surface area contributed by atoms with Gasteiger partial charge in [-0.1, -0.05) is 35.9 Å². The highest BCUT2D eigenvalue weighted by atomic mass is 35.5. The first-order valence-electron chi connectivity index (χ1n) is 6.34. The summed E-state index contributed by atoms with van der Waals surface area (Å²) in [5, 5.41) is 9.68. The average molecular weight is 326 g/mol. The molecule has 2 aromatic carbocycles. The monoisotopic (exact) mass is 325 g/mol. The molecule has 4 nitrogen and oxygen atoms in total. The van der Waals surface area contributed by atoms with Gasteiger partial charge in [0.15, 0.2) is 0 Å². The zero-order valence-electron chi connectivity index (χ0n) is 11.5. The number of hydrogen-bond donors (Lipinski definition) is 1. The summed E-state index contributed by atoms with van der Waals surface area (Å²) in [7, 11) is -2.09. The third-order valence-corrected chi connectivity index (χ3v) is 5.12. The molecule has 0 heterocycles. The van der Waals surface area contributed by atoms with Gasteiger partial charge in [0, 0.05) is 18.6 Å². The van der Waals surface area contributed by atoms with E-state index < -0.39 is 10.0 Å². The molecule has 1 N–H and O–H groups in total. The Morgan fingerprint density at radius 1 is 1.10 bits per heavy atom. The molecule has 0 bridgehead atoms. The third kappa shape index (κ3) is 3.83. The van der Waals surface area contributed by atoms with Crippen LogP contribution in [0.15, 0.2) is 53.4 Å². The van der Waals surface area contributed by atoms with Crippen LogP contribution in [-0.2, 0) is 23.2 Å². The zero-order chi connectivity index (χ0) is 15.5. The number of hydrogen-bond acceptors (Lipinski definition) is 3. The van der Waals surface area contributed by atoms with E-state index in [1.165, 1.54) is 23.5 Å². The highest BCUT2D eigenvalue weighted by molar-refractivity contribution is 7.89. The van der Waals surface area contributed by atoms with E-state index >= 15 is 0 Å². The van der Waals surface area contributed by atoms with Crippen molar-refractivity contribution in [2.45, 2.75) is 18.0 Å². The van der Waals surface area contributed by atoms with Gasteiger partial charge < -0.3 is 5.11 Å². The summed E-state index contributed by atoms with van der Waals surface area (Å²) in [4.78, 5) is 0.165. The molecule has 6 heteroatoms. The van der Waals surface area contributed by atoms with E-state index in [-0.39, 0.29) is 18.0 Å². The molecular weight excluding hydrogens is 310 g/mol. The van der Waals surface area contributed by atoms with Crippen LogP contribution >= 0.6 is 11.6 Å². The fraction of sp³-hybridized carbons (Fsp3) is 0.200. The van der Waals surface area contributed by atoms with E-state index in [9.17, 15) is 8.42 Å². The Morgan fingerprint density at radius 3 is 2.43 bits per heavy atom. The van der Waals surface area contributed by atoms with E-state index in [4.69, 9.17) is 16.7 Å². The van der Waals surface area contributed by atoms with Crippen LogP contribution in [0.2, 0.25) is 5.02 Å². The first-order chi connectivity index (χ1) is 9.93. The lowest BCUT2D eigenvalue weighted by Crippen LogP contribution is -2.26.